The largest absolute Gasteiger partial charge is 0.477 e. The second-order valence-electron chi connectivity index (χ2n) is 8.23. The molecule has 31 heavy (non-hydrogen) atoms. The van der Waals surface area contributed by atoms with Gasteiger partial charge in [-0.05, 0) is 43.7 Å². The molecule has 1 fully saturated rings. The summed E-state index contributed by atoms with van der Waals surface area (Å²) in [5.41, 5.74) is 3.39. The number of nitrogens with zero attached hydrogens (tertiary/aromatic N) is 3. The zero-order valence-electron chi connectivity index (χ0n) is 17.8. The summed E-state index contributed by atoms with van der Waals surface area (Å²) in [6.07, 6.45) is 6.24. The summed E-state index contributed by atoms with van der Waals surface area (Å²) in [6, 6.07) is 5.68. The zero-order valence-corrected chi connectivity index (χ0v) is 17.8. The monoisotopic (exact) mass is 421 g/mol. The summed E-state index contributed by atoms with van der Waals surface area (Å²) in [5, 5.41) is 0. The van der Waals surface area contributed by atoms with Crippen LogP contribution in [0.2, 0.25) is 0 Å². The molecule has 1 aromatic carbocycles. The van der Waals surface area contributed by atoms with Gasteiger partial charge >= 0.3 is 0 Å². The van der Waals surface area contributed by atoms with E-state index in [4.69, 9.17) is 14.2 Å². The van der Waals surface area contributed by atoms with Crippen molar-refractivity contribution in [2.75, 3.05) is 46.1 Å². The van der Waals surface area contributed by atoms with Crippen molar-refractivity contribution in [2.24, 2.45) is 0 Å². The van der Waals surface area contributed by atoms with Gasteiger partial charge in [-0.1, -0.05) is 6.07 Å². The number of carbonyl (C=O) groups excluding carboxylic acids is 1. The second kappa shape index (κ2) is 8.78. The lowest BCUT2D eigenvalue weighted by Gasteiger charge is -2.31. The van der Waals surface area contributed by atoms with Gasteiger partial charge in [0.25, 0.3) is 0 Å². The SMILES string of the molecule is Cc1c2c(cc3c1O/C(=C\c1cccnc1)C3=O)CN(CCCN1CCOCC1)CO2. The molecular formula is C24H27N3O4. The first kappa shape index (κ1) is 20.2. The molecule has 0 spiro atoms. The third kappa shape index (κ3) is 4.21. The smallest absolute Gasteiger partial charge is 0.231 e. The van der Waals surface area contributed by atoms with E-state index in [9.17, 15) is 4.79 Å². The fourth-order valence-corrected chi connectivity index (χ4v) is 4.40. The van der Waals surface area contributed by atoms with Crippen LogP contribution in [-0.4, -0.2) is 66.7 Å². The third-order valence-electron chi connectivity index (χ3n) is 6.04. The van der Waals surface area contributed by atoms with E-state index < -0.39 is 0 Å². The Labute approximate surface area is 182 Å². The molecular weight excluding hydrogens is 394 g/mol. The molecule has 0 atom stereocenters. The zero-order chi connectivity index (χ0) is 21.2. The van der Waals surface area contributed by atoms with Gasteiger partial charge in [-0.15, -0.1) is 0 Å². The molecule has 0 saturated carbocycles. The summed E-state index contributed by atoms with van der Waals surface area (Å²) in [5.74, 6) is 1.70. The summed E-state index contributed by atoms with van der Waals surface area (Å²) in [6.45, 7) is 9.03. The van der Waals surface area contributed by atoms with E-state index in [1.807, 2.05) is 25.1 Å². The van der Waals surface area contributed by atoms with Crippen LogP contribution in [0.5, 0.6) is 11.5 Å². The summed E-state index contributed by atoms with van der Waals surface area (Å²) >= 11 is 0. The highest BCUT2D eigenvalue weighted by atomic mass is 16.5. The number of ether oxygens (including phenoxy) is 3. The van der Waals surface area contributed by atoms with Crippen LogP contribution in [0.15, 0.2) is 36.4 Å². The Morgan fingerprint density at radius 1 is 1.16 bits per heavy atom. The van der Waals surface area contributed by atoms with Crippen molar-refractivity contribution < 1.29 is 19.0 Å². The molecule has 0 aliphatic carbocycles. The van der Waals surface area contributed by atoms with Crippen molar-refractivity contribution in [1.82, 2.24) is 14.8 Å². The van der Waals surface area contributed by atoms with Gasteiger partial charge in [0.2, 0.25) is 5.78 Å². The number of aromatic nitrogens is 1. The first-order valence-corrected chi connectivity index (χ1v) is 10.8. The number of morpholine rings is 1. The topological polar surface area (TPSA) is 64.1 Å². The van der Waals surface area contributed by atoms with E-state index in [0.29, 0.717) is 23.8 Å². The highest BCUT2D eigenvalue weighted by Gasteiger charge is 2.33. The molecule has 1 saturated heterocycles. The Morgan fingerprint density at radius 3 is 2.81 bits per heavy atom. The van der Waals surface area contributed by atoms with Gasteiger partial charge in [-0.3, -0.25) is 19.6 Å². The predicted molar refractivity (Wildman–Crippen MR) is 116 cm³/mol. The molecule has 3 aliphatic rings. The Kier molecular flexibility index (Phi) is 5.72. The molecule has 7 heteroatoms. The van der Waals surface area contributed by atoms with Crippen molar-refractivity contribution in [3.8, 4) is 11.5 Å². The molecule has 0 amide bonds. The predicted octanol–water partition coefficient (Wildman–Crippen LogP) is 2.88. The summed E-state index contributed by atoms with van der Waals surface area (Å²) < 4.78 is 17.5. The molecule has 162 valence electrons. The van der Waals surface area contributed by atoms with Gasteiger partial charge in [0.1, 0.15) is 18.2 Å². The summed E-state index contributed by atoms with van der Waals surface area (Å²) in [4.78, 5) is 21.8. The quantitative estimate of drug-likeness (QED) is 0.688. The van der Waals surface area contributed by atoms with Crippen LogP contribution in [0.25, 0.3) is 6.08 Å². The Hall–Kier alpha value is -2.74. The van der Waals surface area contributed by atoms with Crippen LogP contribution in [0, 0.1) is 6.92 Å². The molecule has 1 aromatic heterocycles. The van der Waals surface area contributed by atoms with E-state index in [-0.39, 0.29) is 5.78 Å². The van der Waals surface area contributed by atoms with Gasteiger partial charge < -0.3 is 14.2 Å². The highest BCUT2D eigenvalue weighted by Crippen LogP contribution is 2.43. The molecule has 3 aliphatic heterocycles. The molecule has 5 rings (SSSR count). The molecule has 7 nitrogen and oxygen atoms in total. The Morgan fingerprint density at radius 2 is 2.00 bits per heavy atom. The summed E-state index contributed by atoms with van der Waals surface area (Å²) in [7, 11) is 0. The Balaban J connectivity index is 1.28. The minimum Gasteiger partial charge on any atom is -0.477 e. The minimum absolute atomic E-state index is 0.0887. The number of benzene rings is 1. The number of rotatable bonds is 5. The van der Waals surface area contributed by atoms with E-state index in [1.54, 1.807) is 18.5 Å². The van der Waals surface area contributed by atoms with Gasteiger partial charge in [-0.2, -0.15) is 0 Å². The average Bonchev–Trinajstić information content (AvgIpc) is 3.11. The van der Waals surface area contributed by atoms with Crippen LogP contribution in [0.3, 0.4) is 0 Å². The number of pyridine rings is 1. The maximum atomic E-state index is 13.0. The fraction of sp³-hybridized carbons (Fsp3) is 0.417. The fourth-order valence-electron chi connectivity index (χ4n) is 4.40. The van der Waals surface area contributed by atoms with Crippen LogP contribution < -0.4 is 9.47 Å². The van der Waals surface area contributed by atoms with E-state index in [1.165, 1.54) is 0 Å². The number of allylic oxidation sites excluding steroid dienone is 1. The van der Waals surface area contributed by atoms with Crippen molar-refractivity contribution in [3.63, 3.8) is 0 Å². The maximum Gasteiger partial charge on any atom is 0.231 e. The van der Waals surface area contributed by atoms with E-state index >= 15 is 0 Å². The van der Waals surface area contributed by atoms with Crippen molar-refractivity contribution in [1.29, 1.82) is 0 Å². The van der Waals surface area contributed by atoms with E-state index in [2.05, 4.69) is 14.8 Å². The molecule has 0 N–H and O–H groups in total. The lowest BCUT2D eigenvalue weighted by Crippen LogP contribution is -2.39. The Bertz CT molecular complexity index is 1000. The first-order chi connectivity index (χ1) is 15.2. The molecule has 0 bridgehead atoms. The lowest BCUT2D eigenvalue weighted by atomic mass is 10.00. The second-order valence-corrected chi connectivity index (χ2v) is 8.23. The standard InChI is InChI=1S/C24H27N3O4/c1-17-23-19(15-27(16-30-23)7-3-6-26-8-10-29-11-9-26)13-20-22(28)21(31-24(17)20)12-18-4-2-5-25-14-18/h2,4-5,12-14H,3,6-11,15-16H2,1H3/b21-12-. The van der Waals surface area contributed by atoms with Crippen molar-refractivity contribution in [3.05, 3.63) is 58.6 Å². The lowest BCUT2D eigenvalue weighted by molar-refractivity contribution is 0.0329. The number of ketones is 1. The number of hydrogen-bond donors (Lipinski definition) is 0. The van der Waals surface area contributed by atoms with E-state index in [0.717, 1.165) is 74.8 Å². The van der Waals surface area contributed by atoms with Crippen LogP contribution in [0.1, 0.15) is 33.5 Å². The van der Waals surface area contributed by atoms with Crippen LogP contribution >= 0.6 is 0 Å². The first-order valence-electron chi connectivity index (χ1n) is 10.8. The molecule has 4 heterocycles. The molecule has 0 radical (unpaired) electrons. The highest BCUT2D eigenvalue weighted by molar-refractivity contribution is 6.15. The number of hydrogen-bond acceptors (Lipinski definition) is 7. The number of carbonyl (C=O) groups is 1. The van der Waals surface area contributed by atoms with Gasteiger partial charge in [-0.25, -0.2) is 0 Å². The van der Waals surface area contributed by atoms with Crippen molar-refractivity contribution >= 4 is 11.9 Å². The molecule has 2 aromatic rings. The normalized spacial score (nSPS) is 20.3. The van der Waals surface area contributed by atoms with Crippen LogP contribution in [0.4, 0.5) is 0 Å². The van der Waals surface area contributed by atoms with Gasteiger partial charge in [0.15, 0.2) is 5.76 Å². The van der Waals surface area contributed by atoms with Crippen molar-refractivity contribution in [2.45, 2.75) is 19.9 Å². The maximum absolute atomic E-state index is 13.0. The average molecular weight is 421 g/mol. The number of fused-ring (bicyclic) bond motifs is 2. The third-order valence-corrected chi connectivity index (χ3v) is 6.04. The number of Topliss-reactive ketones (excluding diaryl/α,β-unsaturated/α-hetero) is 1. The van der Waals surface area contributed by atoms with Crippen LogP contribution in [-0.2, 0) is 11.3 Å². The molecule has 0 unspecified atom stereocenters. The van der Waals surface area contributed by atoms with Gasteiger partial charge in [0, 0.05) is 49.7 Å². The van der Waals surface area contributed by atoms with Gasteiger partial charge in [0.05, 0.1) is 18.8 Å². The minimum atomic E-state index is -0.0887.